The molecule has 0 saturated carbocycles. The monoisotopic (exact) mass is 236 g/mol. The SMILES string of the molecule is CC(O)CCNc1ccc2c(c1)CC(CN)O2. The third-order valence-electron chi connectivity index (χ3n) is 2.96. The molecule has 2 atom stereocenters. The van der Waals surface area contributed by atoms with Crippen molar-refractivity contribution >= 4 is 5.69 Å². The second-order valence-electron chi connectivity index (χ2n) is 4.57. The number of nitrogens with one attached hydrogen (secondary N) is 1. The lowest BCUT2D eigenvalue weighted by Crippen LogP contribution is -2.24. The van der Waals surface area contributed by atoms with Gasteiger partial charge in [0.1, 0.15) is 11.9 Å². The van der Waals surface area contributed by atoms with Gasteiger partial charge in [-0.15, -0.1) is 0 Å². The number of aliphatic hydroxyl groups excluding tert-OH is 1. The Hall–Kier alpha value is -1.26. The summed E-state index contributed by atoms with van der Waals surface area (Å²) in [6.45, 7) is 3.13. The first-order chi connectivity index (χ1) is 8.19. The number of hydrogen-bond acceptors (Lipinski definition) is 4. The maximum Gasteiger partial charge on any atom is 0.123 e. The van der Waals surface area contributed by atoms with Crippen molar-refractivity contribution in [2.75, 3.05) is 18.4 Å². The van der Waals surface area contributed by atoms with Crippen LogP contribution >= 0.6 is 0 Å². The Morgan fingerprint density at radius 2 is 2.41 bits per heavy atom. The second-order valence-corrected chi connectivity index (χ2v) is 4.57. The van der Waals surface area contributed by atoms with E-state index in [0.29, 0.717) is 6.54 Å². The zero-order valence-corrected chi connectivity index (χ0v) is 10.1. The van der Waals surface area contributed by atoms with E-state index in [-0.39, 0.29) is 12.2 Å². The van der Waals surface area contributed by atoms with E-state index in [1.54, 1.807) is 6.92 Å². The zero-order valence-electron chi connectivity index (χ0n) is 10.1. The van der Waals surface area contributed by atoms with Gasteiger partial charge in [-0.3, -0.25) is 0 Å². The summed E-state index contributed by atoms with van der Waals surface area (Å²) >= 11 is 0. The van der Waals surface area contributed by atoms with Crippen LogP contribution in [-0.2, 0) is 6.42 Å². The highest BCUT2D eigenvalue weighted by molar-refractivity contribution is 5.52. The van der Waals surface area contributed by atoms with Gasteiger partial charge in [0, 0.05) is 25.2 Å². The Morgan fingerprint density at radius 3 is 3.12 bits per heavy atom. The largest absolute Gasteiger partial charge is 0.488 e. The molecule has 0 radical (unpaired) electrons. The lowest BCUT2D eigenvalue weighted by molar-refractivity contribution is 0.189. The number of fused-ring (bicyclic) bond motifs is 1. The quantitative estimate of drug-likeness (QED) is 0.717. The Kier molecular flexibility index (Phi) is 3.86. The number of anilines is 1. The van der Waals surface area contributed by atoms with Gasteiger partial charge >= 0.3 is 0 Å². The summed E-state index contributed by atoms with van der Waals surface area (Å²) in [4.78, 5) is 0. The predicted octanol–water partition coefficient (Wildman–Crippen LogP) is 1.13. The molecular weight excluding hydrogens is 216 g/mol. The Morgan fingerprint density at radius 1 is 1.59 bits per heavy atom. The third kappa shape index (κ3) is 3.11. The second kappa shape index (κ2) is 5.38. The van der Waals surface area contributed by atoms with Crippen LogP contribution in [0.5, 0.6) is 5.75 Å². The minimum atomic E-state index is -0.262. The summed E-state index contributed by atoms with van der Waals surface area (Å²) in [5, 5.41) is 12.5. The number of ether oxygens (including phenoxy) is 1. The number of aliphatic hydroxyl groups is 1. The highest BCUT2D eigenvalue weighted by Gasteiger charge is 2.21. The van der Waals surface area contributed by atoms with Gasteiger partial charge in [0.2, 0.25) is 0 Å². The van der Waals surface area contributed by atoms with Crippen LogP contribution in [0.4, 0.5) is 5.69 Å². The fraction of sp³-hybridized carbons (Fsp3) is 0.538. The normalized spacial score (nSPS) is 19.6. The number of benzene rings is 1. The van der Waals surface area contributed by atoms with E-state index >= 15 is 0 Å². The van der Waals surface area contributed by atoms with Crippen molar-refractivity contribution in [3.05, 3.63) is 23.8 Å². The van der Waals surface area contributed by atoms with Crippen molar-refractivity contribution in [2.45, 2.75) is 32.0 Å². The maximum absolute atomic E-state index is 9.18. The van der Waals surface area contributed by atoms with Crippen molar-refractivity contribution in [1.82, 2.24) is 0 Å². The molecule has 2 unspecified atom stereocenters. The van der Waals surface area contributed by atoms with E-state index in [4.69, 9.17) is 10.5 Å². The Bertz CT molecular complexity index is 380. The first-order valence-corrected chi connectivity index (χ1v) is 6.10. The van der Waals surface area contributed by atoms with Crippen LogP contribution in [0.15, 0.2) is 18.2 Å². The van der Waals surface area contributed by atoms with Gasteiger partial charge < -0.3 is 20.9 Å². The lowest BCUT2D eigenvalue weighted by Gasteiger charge is -2.09. The van der Waals surface area contributed by atoms with E-state index in [1.165, 1.54) is 5.56 Å². The summed E-state index contributed by atoms with van der Waals surface area (Å²) in [6.07, 6.45) is 1.50. The molecule has 0 aliphatic carbocycles. The fourth-order valence-corrected chi connectivity index (χ4v) is 1.99. The molecule has 0 fully saturated rings. The van der Waals surface area contributed by atoms with Crippen molar-refractivity contribution in [2.24, 2.45) is 5.73 Å². The minimum Gasteiger partial charge on any atom is -0.488 e. The van der Waals surface area contributed by atoms with Crippen LogP contribution < -0.4 is 15.8 Å². The summed E-state index contributed by atoms with van der Waals surface area (Å²) in [6, 6.07) is 6.09. The van der Waals surface area contributed by atoms with E-state index in [2.05, 4.69) is 11.4 Å². The van der Waals surface area contributed by atoms with Crippen LogP contribution in [0.3, 0.4) is 0 Å². The smallest absolute Gasteiger partial charge is 0.123 e. The third-order valence-corrected chi connectivity index (χ3v) is 2.96. The van der Waals surface area contributed by atoms with Crippen molar-refractivity contribution in [3.63, 3.8) is 0 Å². The molecule has 2 rings (SSSR count). The molecular formula is C13H20N2O2. The zero-order chi connectivity index (χ0) is 12.3. The van der Waals surface area contributed by atoms with Crippen LogP contribution in [0, 0.1) is 0 Å². The number of nitrogens with two attached hydrogens (primary N) is 1. The summed E-state index contributed by atoms with van der Waals surface area (Å²) in [7, 11) is 0. The molecule has 1 aliphatic heterocycles. The van der Waals surface area contributed by atoms with Gasteiger partial charge in [-0.25, -0.2) is 0 Å². The highest BCUT2D eigenvalue weighted by atomic mass is 16.5. The maximum atomic E-state index is 9.18. The molecule has 1 aliphatic rings. The summed E-state index contributed by atoms with van der Waals surface area (Å²) in [5.41, 5.74) is 7.88. The molecule has 1 heterocycles. The molecule has 1 aromatic carbocycles. The molecule has 0 aromatic heterocycles. The molecule has 4 N–H and O–H groups in total. The average Bonchev–Trinajstić information content (AvgIpc) is 2.70. The Balaban J connectivity index is 1.94. The van der Waals surface area contributed by atoms with Crippen LogP contribution in [0.1, 0.15) is 18.9 Å². The Labute approximate surface area is 102 Å². The summed E-state index contributed by atoms with van der Waals surface area (Å²) in [5.74, 6) is 0.946. The van der Waals surface area contributed by atoms with Gasteiger partial charge in [-0.05, 0) is 37.1 Å². The molecule has 17 heavy (non-hydrogen) atoms. The van der Waals surface area contributed by atoms with Crippen LogP contribution in [-0.4, -0.2) is 30.4 Å². The van der Waals surface area contributed by atoms with Crippen LogP contribution in [0.2, 0.25) is 0 Å². The number of rotatable bonds is 5. The first-order valence-electron chi connectivity index (χ1n) is 6.10. The van der Waals surface area contributed by atoms with Crippen molar-refractivity contribution < 1.29 is 9.84 Å². The topological polar surface area (TPSA) is 67.5 Å². The minimum absolute atomic E-state index is 0.123. The van der Waals surface area contributed by atoms with Gasteiger partial charge in [-0.1, -0.05) is 0 Å². The van der Waals surface area contributed by atoms with E-state index in [0.717, 1.165) is 30.8 Å². The van der Waals surface area contributed by atoms with Crippen LogP contribution in [0.25, 0.3) is 0 Å². The lowest BCUT2D eigenvalue weighted by atomic mass is 10.1. The average molecular weight is 236 g/mol. The molecule has 0 bridgehead atoms. The van der Waals surface area contributed by atoms with Gasteiger partial charge in [0.15, 0.2) is 0 Å². The standard InChI is InChI=1S/C13H20N2O2/c1-9(16)4-5-15-11-2-3-13-10(6-11)7-12(8-14)17-13/h2-3,6,9,12,15-16H,4-5,7-8,14H2,1H3. The molecule has 0 saturated heterocycles. The molecule has 4 nitrogen and oxygen atoms in total. The fourth-order valence-electron chi connectivity index (χ4n) is 1.99. The molecule has 0 amide bonds. The summed E-state index contributed by atoms with van der Waals surface area (Å²) < 4.78 is 5.66. The predicted molar refractivity (Wildman–Crippen MR) is 68.4 cm³/mol. The molecule has 0 spiro atoms. The molecule has 4 heteroatoms. The first kappa shape index (κ1) is 12.2. The van der Waals surface area contributed by atoms with E-state index < -0.39 is 0 Å². The van der Waals surface area contributed by atoms with E-state index in [1.807, 2.05) is 12.1 Å². The van der Waals surface area contributed by atoms with Crippen molar-refractivity contribution in [1.29, 1.82) is 0 Å². The molecule has 1 aromatic rings. The van der Waals surface area contributed by atoms with Gasteiger partial charge in [0.25, 0.3) is 0 Å². The van der Waals surface area contributed by atoms with E-state index in [9.17, 15) is 5.11 Å². The van der Waals surface area contributed by atoms with Gasteiger partial charge in [0.05, 0.1) is 6.10 Å². The number of hydrogen-bond donors (Lipinski definition) is 3. The molecule has 94 valence electrons. The van der Waals surface area contributed by atoms with Gasteiger partial charge in [-0.2, -0.15) is 0 Å². The highest BCUT2D eigenvalue weighted by Crippen LogP contribution is 2.30. The van der Waals surface area contributed by atoms with Crippen molar-refractivity contribution in [3.8, 4) is 5.75 Å².